The van der Waals surface area contributed by atoms with E-state index in [0.29, 0.717) is 0 Å². The Hall–Kier alpha value is -3.12. The minimum absolute atomic E-state index is 0.946. The number of aryl methyl sites for hydroxylation is 1. The predicted octanol–water partition coefficient (Wildman–Crippen LogP) is 9.47. The first kappa shape index (κ1) is 24.5. The highest BCUT2D eigenvalue weighted by Crippen LogP contribution is 2.31. The molecule has 0 N–H and O–H groups in total. The Morgan fingerprint density at radius 3 is 2.45 bits per heavy atom. The molecular weight excluding hydrogens is 396 g/mol. The minimum Gasteiger partial charge on any atom is -0.0990 e. The van der Waals surface area contributed by atoms with E-state index in [1.165, 1.54) is 63.8 Å². The van der Waals surface area contributed by atoms with Gasteiger partial charge in [-0.1, -0.05) is 123 Å². The van der Waals surface area contributed by atoms with Gasteiger partial charge in [-0.25, -0.2) is 0 Å². The lowest BCUT2D eigenvalue weighted by molar-refractivity contribution is 0.714. The van der Waals surface area contributed by atoms with Crippen molar-refractivity contribution >= 4 is 11.1 Å². The Bertz CT molecular complexity index is 1070. The molecule has 0 amide bonds. The highest BCUT2D eigenvalue weighted by Gasteiger charge is 2.11. The lowest BCUT2D eigenvalue weighted by Gasteiger charge is -2.17. The van der Waals surface area contributed by atoms with E-state index in [1.54, 1.807) is 0 Å². The smallest absolute Gasteiger partial charge is 0.00914 e. The van der Waals surface area contributed by atoms with Crippen molar-refractivity contribution in [2.75, 3.05) is 0 Å². The molecule has 0 aliphatic heterocycles. The molecule has 0 bridgehead atoms. The largest absolute Gasteiger partial charge is 0.0990 e. The molecule has 0 saturated heterocycles. The number of unbranched alkanes of at least 4 members (excludes halogenated alkanes) is 2. The normalized spacial score (nSPS) is 14.2. The van der Waals surface area contributed by atoms with Gasteiger partial charge in [-0.2, -0.15) is 0 Å². The van der Waals surface area contributed by atoms with Crippen molar-refractivity contribution in [3.63, 3.8) is 0 Å². The minimum atomic E-state index is 0.946. The molecule has 0 heteroatoms. The van der Waals surface area contributed by atoms with Gasteiger partial charge in [0.15, 0.2) is 0 Å². The lowest BCUT2D eigenvalue weighted by atomic mass is 9.88. The Morgan fingerprint density at radius 2 is 1.79 bits per heavy atom. The van der Waals surface area contributed by atoms with Gasteiger partial charge in [0.1, 0.15) is 0 Å². The van der Waals surface area contributed by atoms with E-state index >= 15 is 0 Å². The molecule has 2 aromatic rings. The van der Waals surface area contributed by atoms with Gasteiger partial charge >= 0.3 is 0 Å². The summed E-state index contributed by atoms with van der Waals surface area (Å²) in [6, 6.07) is 17.6. The number of benzene rings is 2. The first-order chi connectivity index (χ1) is 16.1. The maximum atomic E-state index is 4.10. The van der Waals surface area contributed by atoms with E-state index in [4.69, 9.17) is 0 Å². The van der Waals surface area contributed by atoms with Crippen molar-refractivity contribution in [1.29, 1.82) is 0 Å². The summed E-state index contributed by atoms with van der Waals surface area (Å²) in [4.78, 5) is 0. The van der Waals surface area contributed by atoms with Crippen molar-refractivity contribution in [3.05, 3.63) is 132 Å². The number of rotatable bonds is 11. The van der Waals surface area contributed by atoms with Crippen LogP contribution in [0, 0.1) is 0 Å². The maximum absolute atomic E-state index is 4.10. The summed E-state index contributed by atoms with van der Waals surface area (Å²) < 4.78 is 0. The summed E-state index contributed by atoms with van der Waals surface area (Å²) in [6.07, 6.45) is 21.1. The fourth-order valence-electron chi connectivity index (χ4n) is 4.37. The second-order valence-corrected chi connectivity index (χ2v) is 8.93. The van der Waals surface area contributed by atoms with Crippen LogP contribution in [0.25, 0.3) is 11.1 Å². The lowest BCUT2D eigenvalue weighted by Crippen LogP contribution is -1.99. The summed E-state index contributed by atoms with van der Waals surface area (Å²) in [7, 11) is 0. The summed E-state index contributed by atoms with van der Waals surface area (Å²) in [5.74, 6) is 0. The summed E-state index contributed by atoms with van der Waals surface area (Å²) >= 11 is 0. The maximum Gasteiger partial charge on any atom is -0.00914 e. The standard InChI is InChI=1S/C33H38/c1-5-7-9-16-32-25-33(31-21-19-27(20-22-31)26(3)4)24-23-30(32)18-12-17-28(13-6-2)29-14-10-8-11-15-29/h6,8,10-15,17,19,21,23-25H,2-3,5,7,9,16,18,20,22H2,1,4H3/b17-12-,28-13+. The third-order valence-corrected chi connectivity index (χ3v) is 6.36. The highest BCUT2D eigenvalue weighted by molar-refractivity contribution is 5.75. The van der Waals surface area contributed by atoms with Crippen LogP contribution in [0.1, 0.15) is 68.2 Å². The Labute approximate surface area is 201 Å². The molecule has 0 atom stereocenters. The fraction of sp³-hybridized carbons (Fsp3) is 0.273. The molecule has 2 aromatic carbocycles. The second-order valence-electron chi connectivity index (χ2n) is 8.93. The van der Waals surface area contributed by atoms with Crippen LogP contribution in [0.4, 0.5) is 0 Å². The third-order valence-electron chi connectivity index (χ3n) is 6.36. The average Bonchev–Trinajstić information content (AvgIpc) is 2.85. The van der Waals surface area contributed by atoms with E-state index in [2.05, 4.69) is 106 Å². The van der Waals surface area contributed by atoms with Crippen molar-refractivity contribution < 1.29 is 0 Å². The van der Waals surface area contributed by atoms with E-state index in [9.17, 15) is 0 Å². The molecular formula is C33H38. The molecule has 0 unspecified atom stereocenters. The first-order valence-electron chi connectivity index (χ1n) is 12.3. The molecule has 0 saturated carbocycles. The zero-order valence-corrected chi connectivity index (χ0v) is 20.4. The molecule has 0 aromatic heterocycles. The zero-order valence-electron chi connectivity index (χ0n) is 20.4. The van der Waals surface area contributed by atoms with Gasteiger partial charge in [-0.15, -0.1) is 0 Å². The number of hydrogen-bond acceptors (Lipinski definition) is 0. The molecule has 1 aliphatic carbocycles. The SMILES string of the molecule is C=C/C=C(\C=C/Cc1ccc(C2=CC=C(C(=C)C)CC2)cc1CCCCC)c1ccccc1. The van der Waals surface area contributed by atoms with Crippen LogP contribution in [0.5, 0.6) is 0 Å². The van der Waals surface area contributed by atoms with Gasteiger partial charge in [-0.3, -0.25) is 0 Å². The first-order valence-corrected chi connectivity index (χ1v) is 12.3. The predicted molar refractivity (Wildman–Crippen MR) is 147 cm³/mol. The van der Waals surface area contributed by atoms with Crippen LogP contribution >= 0.6 is 0 Å². The van der Waals surface area contributed by atoms with Crippen molar-refractivity contribution in [2.45, 2.75) is 58.8 Å². The molecule has 33 heavy (non-hydrogen) atoms. The van der Waals surface area contributed by atoms with Gasteiger partial charge in [0, 0.05) is 0 Å². The van der Waals surface area contributed by atoms with Crippen molar-refractivity contribution in [1.82, 2.24) is 0 Å². The Morgan fingerprint density at radius 1 is 0.970 bits per heavy atom. The topological polar surface area (TPSA) is 0 Å². The number of hydrogen-bond donors (Lipinski definition) is 0. The van der Waals surface area contributed by atoms with Gasteiger partial charge in [0.05, 0.1) is 0 Å². The van der Waals surface area contributed by atoms with Gasteiger partial charge in [0.2, 0.25) is 0 Å². The third kappa shape index (κ3) is 7.19. The molecule has 0 spiro atoms. The van der Waals surface area contributed by atoms with Crippen LogP contribution in [-0.2, 0) is 12.8 Å². The van der Waals surface area contributed by atoms with E-state index in [-0.39, 0.29) is 0 Å². The monoisotopic (exact) mass is 434 g/mol. The Balaban J connectivity index is 1.82. The fourth-order valence-corrected chi connectivity index (χ4v) is 4.37. The summed E-state index contributed by atoms with van der Waals surface area (Å²) in [5.41, 5.74) is 10.7. The van der Waals surface area contributed by atoms with Crippen LogP contribution in [-0.4, -0.2) is 0 Å². The highest BCUT2D eigenvalue weighted by atomic mass is 14.2. The molecule has 0 radical (unpaired) electrons. The summed E-state index contributed by atoms with van der Waals surface area (Å²) in [6.45, 7) is 12.4. The Kier molecular flexibility index (Phi) is 9.51. The average molecular weight is 435 g/mol. The van der Waals surface area contributed by atoms with Gasteiger partial charge < -0.3 is 0 Å². The number of allylic oxidation sites excluding steroid dienone is 10. The summed E-state index contributed by atoms with van der Waals surface area (Å²) in [5, 5.41) is 0. The quantitative estimate of drug-likeness (QED) is 0.244. The van der Waals surface area contributed by atoms with Crippen LogP contribution in [0.3, 0.4) is 0 Å². The molecule has 3 rings (SSSR count). The van der Waals surface area contributed by atoms with Crippen LogP contribution in [0.2, 0.25) is 0 Å². The van der Waals surface area contributed by atoms with Crippen LogP contribution in [0.15, 0.2) is 109 Å². The van der Waals surface area contributed by atoms with Crippen molar-refractivity contribution in [3.8, 4) is 0 Å². The molecule has 0 heterocycles. The molecule has 0 nitrogen and oxygen atoms in total. The van der Waals surface area contributed by atoms with Crippen LogP contribution < -0.4 is 0 Å². The molecule has 0 fully saturated rings. The second kappa shape index (κ2) is 12.8. The van der Waals surface area contributed by atoms with E-state index in [1.807, 2.05) is 6.08 Å². The van der Waals surface area contributed by atoms with Gasteiger partial charge in [0.25, 0.3) is 0 Å². The van der Waals surface area contributed by atoms with Crippen molar-refractivity contribution in [2.24, 2.45) is 0 Å². The van der Waals surface area contributed by atoms with E-state index in [0.717, 1.165) is 25.7 Å². The zero-order chi connectivity index (χ0) is 23.5. The molecule has 170 valence electrons. The van der Waals surface area contributed by atoms with E-state index < -0.39 is 0 Å². The molecule has 1 aliphatic rings. The van der Waals surface area contributed by atoms with Gasteiger partial charge in [-0.05, 0) is 78.0 Å².